The van der Waals surface area contributed by atoms with Gasteiger partial charge in [-0.05, 0) is 38.2 Å². The molecular formula is C16H21N5O5S2. The molecule has 0 spiro atoms. The Balaban J connectivity index is 1.74. The summed E-state index contributed by atoms with van der Waals surface area (Å²) in [6.07, 6.45) is 3.12. The third kappa shape index (κ3) is 3.99. The quantitative estimate of drug-likeness (QED) is 0.562. The highest BCUT2D eigenvalue weighted by Crippen LogP contribution is 2.31. The molecule has 1 atom stereocenters. The van der Waals surface area contributed by atoms with Crippen LogP contribution in [0.25, 0.3) is 0 Å². The van der Waals surface area contributed by atoms with Crippen LogP contribution in [0.2, 0.25) is 0 Å². The van der Waals surface area contributed by atoms with E-state index in [2.05, 4.69) is 9.97 Å². The molecule has 1 N–H and O–H groups in total. The fourth-order valence-corrected chi connectivity index (χ4v) is 5.67. The summed E-state index contributed by atoms with van der Waals surface area (Å²) in [6, 6.07) is 2.29. The number of aliphatic hydroxyl groups is 1. The Morgan fingerprint density at radius 1 is 1.29 bits per heavy atom. The number of anilines is 1. The smallest absolute Gasteiger partial charge is 0.325 e. The van der Waals surface area contributed by atoms with Crippen molar-refractivity contribution < 1.29 is 18.4 Å². The van der Waals surface area contributed by atoms with Gasteiger partial charge in [-0.15, -0.1) is 0 Å². The minimum Gasteiger partial charge on any atom is -0.386 e. The van der Waals surface area contributed by atoms with Gasteiger partial charge in [-0.25, -0.2) is 18.4 Å². The first kappa shape index (κ1) is 20.6. The SMILES string of the molecule is C[C@H]1CN(S(=O)(=O)c2ccc([N+](=O)[O-])s2)CCN1c1ncc(C(C)(C)O)cn1. The van der Waals surface area contributed by atoms with Crippen LogP contribution in [0.5, 0.6) is 0 Å². The average Bonchev–Trinajstić information content (AvgIpc) is 3.12. The number of hydrogen-bond donors (Lipinski definition) is 1. The highest BCUT2D eigenvalue weighted by atomic mass is 32.2. The zero-order valence-corrected chi connectivity index (χ0v) is 17.3. The number of nitrogens with zero attached hydrogens (tertiary/aromatic N) is 5. The van der Waals surface area contributed by atoms with Crippen LogP contribution in [0.15, 0.2) is 28.7 Å². The molecule has 28 heavy (non-hydrogen) atoms. The van der Waals surface area contributed by atoms with Crippen molar-refractivity contribution in [2.24, 2.45) is 0 Å². The van der Waals surface area contributed by atoms with Gasteiger partial charge in [-0.1, -0.05) is 0 Å². The zero-order chi connectivity index (χ0) is 20.7. The molecule has 1 saturated heterocycles. The molecule has 2 aromatic rings. The first-order valence-electron chi connectivity index (χ1n) is 8.56. The van der Waals surface area contributed by atoms with Gasteiger partial charge in [0.1, 0.15) is 4.21 Å². The van der Waals surface area contributed by atoms with E-state index in [9.17, 15) is 23.6 Å². The standard InChI is InChI=1S/C16H21N5O5S2/c1-11-10-19(28(25,26)14-5-4-13(27-14)21(23)24)6-7-20(11)15-17-8-12(9-18-15)16(2,3)22/h4-5,8-9,11,22H,6-7,10H2,1-3H3/t11-/m0/s1. The number of aromatic nitrogens is 2. The van der Waals surface area contributed by atoms with Crippen molar-refractivity contribution in [3.05, 3.63) is 40.2 Å². The average molecular weight is 428 g/mol. The van der Waals surface area contributed by atoms with Gasteiger partial charge in [0, 0.05) is 49.7 Å². The summed E-state index contributed by atoms with van der Waals surface area (Å²) in [7, 11) is -3.79. The molecule has 1 fully saturated rings. The van der Waals surface area contributed by atoms with Crippen molar-refractivity contribution in [1.82, 2.24) is 14.3 Å². The van der Waals surface area contributed by atoms with Crippen molar-refractivity contribution in [2.75, 3.05) is 24.5 Å². The van der Waals surface area contributed by atoms with E-state index in [4.69, 9.17) is 0 Å². The van der Waals surface area contributed by atoms with Gasteiger partial charge in [-0.3, -0.25) is 10.1 Å². The lowest BCUT2D eigenvalue weighted by Gasteiger charge is -2.39. The molecule has 152 valence electrons. The minimum atomic E-state index is -3.79. The fraction of sp³-hybridized carbons (Fsp3) is 0.500. The topological polar surface area (TPSA) is 130 Å². The van der Waals surface area contributed by atoms with Crippen LogP contribution in [0.3, 0.4) is 0 Å². The van der Waals surface area contributed by atoms with Gasteiger partial charge < -0.3 is 10.0 Å². The molecule has 3 rings (SSSR count). The normalized spacial score (nSPS) is 19.0. The van der Waals surface area contributed by atoms with Crippen molar-refractivity contribution in [3.8, 4) is 0 Å². The van der Waals surface area contributed by atoms with Crippen LogP contribution in [0.1, 0.15) is 26.3 Å². The monoisotopic (exact) mass is 427 g/mol. The molecule has 1 aliphatic heterocycles. The van der Waals surface area contributed by atoms with E-state index >= 15 is 0 Å². The first-order chi connectivity index (χ1) is 13.0. The van der Waals surface area contributed by atoms with Crippen LogP contribution in [0.4, 0.5) is 10.9 Å². The van der Waals surface area contributed by atoms with E-state index in [1.807, 2.05) is 11.8 Å². The number of piperazine rings is 1. The van der Waals surface area contributed by atoms with Crippen LogP contribution >= 0.6 is 11.3 Å². The van der Waals surface area contributed by atoms with Gasteiger partial charge >= 0.3 is 5.00 Å². The van der Waals surface area contributed by atoms with E-state index in [-0.39, 0.29) is 28.3 Å². The van der Waals surface area contributed by atoms with Crippen LogP contribution in [-0.4, -0.2) is 58.4 Å². The van der Waals surface area contributed by atoms with Crippen molar-refractivity contribution in [1.29, 1.82) is 0 Å². The summed E-state index contributed by atoms with van der Waals surface area (Å²) in [5.74, 6) is 0.462. The van der Waals surface area contributed by atoms with Crippen molar-refractivity contribution in [3.63, 3.8) is 0 Å². The molecule has 3 heterocycles. The Bertz CT molecular complexity index is 968. The maximum atomic E-state index is 12.8. The molecule has 1 aliphatic rings. The van der Waals surface area contributed by atoms with Crippen LogP contribution < -0.4 is 4.90 Å². The maximum absolute atomic E-state index is 12.8. The molecular weight excluding hydrogens is 406 g/mol. The Kier molecular flexibility index (Phi) is 5.40. The minimum absolute atomic E-state index is 0.0365. The van der Waals surface area contributed by atoms with E-state index in [1.165, 1.54) is 16.4 Å². The molecule has 0 unspecified atom stereocenters. The highest BCUT2D eigenvalue weighted by Gasteiger charge is 2.35. The summed E-state index contributed by atoms with van der Waals surface area (Å²) < 4.78 is 26.9. The number of sulfonamides is 1. The summed E-state index contributed by atoms with van der Waals surface area (Å²) in [5, 5.41) is 20.6. The molecule has 0 radical (unpaired) electrons. The van der Waals surface area contributed by atoms with Gasteiger partial charge in [0.25, 0.3) is 10.0 Å². The highest BCUT2D eigenvalue weighted by molar-refractivity contribution is 7.91. The van der Waals surface area contributed by atoms with Crippen molar-refractivity contribution >= 4 is 32.3 Å². The molecule has 0 aromatic carbocycles. The second-order valence-electron chi connectivity index (χ2n) is 7.09. The van der Waals surface area contributed by atoms with E-state index in [0.717, 1.165) is 0 Å². The summed E-state index contributed by atoms with van der Waals surface area (Å²) in [4.78, 5) is 20.7. The second kappa shape index (κ2) is 7.35. The summed E-state index contributed by atoms with van der Waals surface area (Å²) in [6.45, 7) is 5.97. The lowest BCUT2D eigenvalue weighted by atomic mass is 10.0. The van der Waals surface area contributed by atoms with Crippen molar-refractivity contribution in [2.45, 2.75) is 36.6 Å². The van der Waals surface area contributed by atoms with E-state index in [1.54, 1.807) is 26.2 Å². The Labute approximate surface area is 166 Å². The third-order valence-corrected chi connectivity index (χ3v) is 7.90. The molecule has 12 heteroatoms. The second-order valence-corrected chi connectivity index (χ2v) is 10.3. The first-order valence-corrected chi connectivity index (χ1v) is 10.8. The summed E-state index contributed by atoms with van der Waals surface area (Å²) >= 11 is 0.653. The largest absolute Gasteiger partial charge is 0.386 e. The lowest BCUT2D eigenvalue weighted by molar-refractivity contribution is -0.380. The molecule has 10 nitrogen and oxygen atoms in total. The maximum Gasteiger partial charge on any atom is 0.325 e. The summed E-state index contributed by atoms with van der Waals surface area (Å²) in [5.41, 5.74) is -0.454. The Morgan fingerprint density at radius 3 is 2.43 bits per heavy atom. The third-order valence-electron chi connectivity index (χ3n) is 4.53. The molecule has 2 aromatic heterocycles. The van der Waals surface area contributed by atoms with Gasteiger partial charge in [0.05, 0.1) is 10.5 Å². The zero-order valence-electron chi connectivity index (χ0n) is 15.6. The number of rotatable bonds is 5. The van der Waals surface area contributed by atoms with Gasteiger partial charge in [-0.2, -0.15) is 4.31 Å². The van der Waals surface area contributed by atoms with Gasteiger partial charge in [0.15, 0.2) is 0 Å². The molecule has 0 saturated carbocycles. The van der Waals surface area contributed by atoms with Crippen LogP contribution in [-0.2, 0) is 15.6 Å². The molecule has 0 aliphatic carbocycles. The molecule has 0 bridgehead atoms. The number of thiophene rings is 1. The van der Waals surface area contributed by atoms with E-state index < -0.39 is 20.5 Å². The van der Waals surface area contributed by atoms with Crippen LogP contribution in [0, 0.1) is 10.1 Å². The van der Waals surface area contributed by atoms with Gasteiger partial charge in [0.2, 0.25) is 5.95 Å². The molecule has 0 amide bonds. The number of nitro groups is 1. The predicted molar refractivity (Wildman–Crippen MR) is 104 cm³/mol. The number of hydrogen-bond acceptors (Lipinski definition) is 9. The predicted octanol–water partition coefficient (Wildman–Crippen LogP) is 1.57. The Morgan fingerprint density at radius 2 is 1.93 bits per heavy atom. The fourth-order valence-electron chi connectivity index (χ4n) is 2.90. The Hall–Kier alpha value is -2.15. The van der Waals surface area contributed by atoms with E-state index in [0.29, 0.717) is 29.4 Å². The lowest BCUT2D eigenvalue weighted by Crippen LogP contribution is -2.54.